The van der Waals surface area contributed by atoms with E-state index in [1.165, 1.54) is 12.1 Å². The minimum Gasteiger partial charge on any atom is -0.362 e. The summed E-state index contributed by atoms with van der Waals surface area (Å²) < 4.78 is 18.0. The zero-order valence-electron chi connectivity index (χ0n) is 7.17. The molecule has 0 amide bonds. The molecule has 1 fully saturated rings. The van der Waals surface area contributed by atoms with Gasteiger partial charge in [-0.3, -0.25) is 0 Å². The Labute approximate surface area is 71.2 Å². The van der Waals surface area contributed by atoms with Crippen molar-refractivity contribution in [2.45, 2.75) is 25.6 Å². The van der Waals surface area contributed by atoms with Crippen molar-refractivity contribution in [1.29, 1.82) is 0 Å². The Bertz CT molecular complexity index is 293. The smallest absolute Gasteiger partial charge is 0.123 e. The van der Waals surface area contributed by atoms with Crippen molar-refractivity contribution in [2.24, 2.45) is 0 Å². The molecular formula is C10H11FO. The van der Waals surface area contributed by atoms with Crippen LogP contribution in [0.1, 0.15) is 19.4 Å². The third-order valence-electron chi connectivity index (χ3n) is 2.56. The van der Waals surface area contributed by atoms with Crippen molar-refractivity contribution in [1.82, 2.24) is 0 Å². The first-order chi connectivity index (χ1) is 5.63. The number of rotatable bonds is 1. The highest BCUT2D eigenvalue weighted by Crippen LogP contribution is 2.45. The van der Waals surface area contributed by atoms with Gasteiger partial charge in [0.2, 0.25) is 0 Å². The SMILES string of the molecule is CC1OC1(C)c1ccc(F)cc1. The van der Waals surface area contributed by atoms with Gasteiger partial charge in [-0.05, 0) is 31.5 Å². The normalized spacial score (nSPS) is 33.4. The third kappa shape index (κ3) is 1.03. The van der Waals surface area contributed by atoms with Crippen LogP contribution in [0.2, 0.25) is 0 Å². The van der Waals surface area contributed by atoms with E-state index in [4.69, 9.17) is 4.74 Å². The van der Waals surface area contributed by atoms with Gasteiger partial charge < -0.3 is 4.74 Å². The fraction of sp³-hybridized carbons (Fsp3) is 0.400. The highest BCUT2D eigenvalue weighted by Gasteiger charge is 2.50. The highest BCUT2D eigenvalue weighted by molar-refractivity contribution is 5.27. The van der Waals surface area contributed by atoms with Gasteiger partial charge in [0.05, 0.1) is 6.10 Å². The molecule has 2 heteroatoms. The molecule has 1 heterocycles. The van der Waals surface area contributed by atoms with Crippen LogP contribution in [0, 0.1) is 5.82 Å². The van der Waals surface area contributed by atoms with E-state index in [0.717, 1.165) is 5.56 Å². The van der Waals surface area contributed by atoms with E-state index in [2.05, 4.69) is 0 Å². The lowest BCUT2D eigenvalue weighted by Gasteiger charge is -2.04. The van der Waals surface area contributed by atoms with E-state index in [1.807, 2.05) is 13.8 Å². The van der Waals surface area contributed by atoms with Crippen LogP contribution in [-0.4, -0.2) is 6.10 Å². The number of benzene rings is 1. The van der Waals surface area contributed by atoms with Gasteiger partial charge in [-0.1, -0.05) is 12.1 Å². The lowest BCUT2D eigenvalue weighted by atomic mass is 9.98. The molecule has 1 nitrogen and oxygen atoms in total. The fourth-order valence-electron chi connectivity index (χ4n) is 1.42. The summed E-state index contributed by atoms with van der Waals surface area (Å²) in [6.07, 6.45) is 0.253. The van der Waals surface area contributed by atoms with Gasteiger partial charge in [-0.25, -0.2) is 4.39 Å². The standard InChI is InChI=1S/C10H11FO/c1-7-10(2,12-7)8-3-5-9(11)6-4-8/h3-7H,1-2H3. The summed E-state index contributed by atoms with van der Waals surface area (Å²) >= 11 is 0. The van der Waals surface area contributed by atoms with Crippen LogP contribution in [0.25, 0.3) is 0 Å². The maximum absolute atomic E-state index is 12.6. The maximum Gasteiger partial charge on any atom is 0.123 e. The number of epoxide rings is 1. The van der Waals surface area contributed by atoms with Gasteiger partial charge in [0.25, 0.3) is 0 Å². The van der Waals surface area contributed by atoms with Crippen LogP contribution in [0.3, 0.4) is 0 Å². The largest absolute Gasteiger partial charge is 0.362 e. The van der Waals surface area contributed by atoms with Crippen LogP contribution in [0.4, 0.5) is 4.39 Å². The molecule has 0 saturated carbocycles. The Morgan fingerprint density at radius 3 is 2.25 bits per heavy atom. The van der Waals surface area contributed by atoms with Crippen molar-refractivity contribution in [3.8, 4) is 0 Å². The second-order valence-corrected chi connectivity index (χ2v) is 3.37. The molecule has 12 heavy (non-hydrogen) atoms. The Kier molecular flexibility index (Phi) is 1.48. The predicted octanol–water partition coefficient (Wildman–Crippen LogP) is 2.46. The van der Waals surface area contributed by atoms with Crippen molar-refractivity contribution >= 4 is 0 Å². The molecule has 1 saturated heterocycles. The minimum atomic E-state index is -0.198. The van der Waals surface area contributed by atoms with E-state index in [9.17, 15) is 4.39 Å². The molecule has 0 aromatic heterocycles. The number of ether oxygens (including phenoxy) is 1. The fourth-order valence-corrected chi connectivity index (χ4v) is 1.42. The van der Waals surface area contributed by atoms with Gasteiger partial charge in [-0.2, -0.15) is 0 Å². The lowest BCUT2D eigenvalue weighted by molar-refractivity contribution is 0.316. The van der Waals surface area contributed by atoms with Crippen LogP contribution in [0.5, 0.6) is 0 Å². The molecule has 0 aliphatic carbocycles. The monoisotopic (exact) mass is 166 g/mol. The highest BCUT2D eigenvalue weighted by atomic mass is 19.1. The number of hydrogen-bond acceptors (Lipinski definition) is 1. The molecule has 0 bridgehead atoms. The van der Waals surface area contributed by atoms with Crippen molar-refractivity contribution in [3.63, 3.8) is 0 Å². The van der Waals surface area contributed by atoms with Crippen LogP contribution in [-0.2, 0) is 10.3 Å². The minimum absolute atomic E-state index is 0.173. The topological polar surface area (TPSA) is 12.5 Å². The molecule has 1 aromatic rings. The Morgan fingerprint density at radius 2 is 1.83 bits per heavy atom. The van der Waals surface area contributed by atoms with Gasteiger partial charge in [0.1, 0.15) is 11.4 Å². The molecule has 64 valence electrons. The number of halogens is 1. The third-order valence-corrected chi connectivity index (χ3v) is 2.56. The zero-order chi connectivity index (χ0) is 8.77. The number of hydrogen-bond donors (Lipinski definition) is 0. The Morgan fingerprint density at radius 1 is 1.33 bits per heavy atom. The van der Waals surface area contributed by atoms with Gasteiger partial charge in [0.15, 0.2) is 0 Å². The molecule has 1 aromatic carbocycles. The second kappa shape index (κ2) is 2.30. The predicted molar refractivity (Wildman–Crippen MR) is 44.3 cm³/mol. The van der Waals surface area contributed by atoms with Crippen molar-refractivity contribution in [2.75, 3.05) is 0 Å². The van der Waals surface area contributed by atoms with E-state index >= 15 is 0 Å². The maximum atomic E-state index is 12.6. The van der Waals surface area contributed by atoms with Crippen LogP contribution >= 0.6 is 0 Å². The van der Waals surface area contributed by atoms with Crippen molar-refractivity contribution < 1.29 is 9.13 Å². The molecular weight excluding hydrogens is 155 g/mol. The molecule has 0 radical (unpaired) electrons. The summed E-state index contributed by atoms with van der Waals surface area (Å²) in [5.41, 5.74) is 0.879. The van der Waals surface area contributed by atoms with Crippen LogP contribution < -0.4 is 0 Å². The molecule has 2 unspecified atom stereocenters. The van der Waals surface area contributed by atoms with E-state index < -0.39 is 0 Å². The Balaban J connectivity index is 2.31. The van der Waals surface area contributed by atoms with Gasteiger partial charge in [-0.15, -0.1) is 0 Å². The van der Waals surface area contributed by atoms with Gasteiger partial charge in [0, 0.05) is 0 Å². The molecule has 0 N–H and O–H groups in total. The molecule has 2 rings (SSSR count). The first-order valence-corrected chi connectivity index (χ1v) is 4.07. The van der Waals surface area contributed by atoms with E-state index in [-0.39, 0.29) is 17.5 Å². The summed E-state index contributed by atoms with van der Waals surface area (Å²) in [4.78, 5) is 0. The molecule has 1 aliphatic heterocycles. The van der Waals surface area contributed by atoms with E-state index in [0.29, 0.717) is 0 Å². The lowest BCUT2D eigenvalue weighted by Crippen LogP contribution is -2.05. The first-order valence-electron chi connectivity index (χ1n) is 4.07. The molecule has 2 atom stereocenters. The Hall–Kier alpha value is -0.890. The second-order valence-electron chi connectivity index (χ2n) is 3.37. The summed E-state index contributed by atoms with van der Waals surface area (Å²) in [6, 6.07) is 6.49. The first kappa shape index (κ1) is 7.74. The van der Waals surface area contributed by atoms with Crippen LogP contribution in [0.15, 0.2) is 24.3 Å². The average Bonchev–Trinajstić information content (AvgIpc) is 2.62. The van der Waals surface area contributed by atoms with E-state index in [1.54, 1.807) is 12.1 Å². The summed E-state index contributed by atoms with van der Waals surface area (Å²) in [7, 11) is 0. The molecule has 0 spiro atoms. The quantitative estimate of drug-likeness (QED) is 0.584. The zero-order valence-corrected chi connectivity index (χ0v) is 7.17. The molecule has 1 aliphatic rings. The summed E-state index contributed by atoms with van der Waals surface area (Å²) in [5, 5.41) is 0. The summed E-state index contributed by atoms with van der Waals surface area (Å²) in [5.74, 6) is -0.198. The average molecular weight is 166 g/mol. The summed E-state index contributed by atoms with van der Waals surface area (Å²) in [6.45, 7) is 4.04. The van der Waals surface area contributed by atoms with Crippen molar-refractivity contribution in [3.05, 3.63) is 35.6 Å². The van der Waals surface area contributed by atoms with Gasteiger partial charge >= 0.3 is 0 Å².